The van der Waals surface area contributed by atoms with Gasteiger partial charge in [-0.1, -0.05) is 0 Å². The van der Waals surface area contributed by atoms with Crippen LogP contribution in [0.1, 0.15) is 36.7 Å². The minimum Gasteiger partial charge on any atom is -0.444 e. The molecule has 4 rings (SSSR count). The summed E-state index contributed by atoms with van der Waals surface area (Å²) in [5.74, 6) is -0.456. The lowest BCUT2D eigenvalue weighted by Gasteiger charge is -2.36. The number of anilines is 2. The molecule has 0 atom stereocenters. The van der Waals surface area contributed by atoms with Gasteiger partial charge in [-0.3, -0.25) is 9.78 Å². The first-order chi connectivity index (χ1) is 15.6. The number of piperazine rings is 1. The number of amides is 1. The van der Waals surface area contributed by atoms with Crippen molar-refractivity contribution in [3.8, 4) is 0 Å². The summed E-state index contributed by atoms with van der Waals surface area (Å²) < 4.78 is 19.6. The number of aromatic nitrogens is 2. The number of halogens is 1. The van der Waals surface area contributed by atoms with Crippen LogP contribution in [-0.2, 0) is 4.74 Å². The number of rotatable bonds is 3. The van der Waals surface area contributed by atoms with Crippen molar-refractivity contribution in [2.45, 2.75) is 26.4 Å². The Hall–Kier alpha value is -3.75. The van der Waals surface area contributed by atoms with Crippen LogP contribution >= 0.6 is 0 Å². The number of ether oxygens (including phenoxy) is 1. The van der Waals surface area contributed by atoms with E-state index in [2.05, 4.69) is 9.97 Å². The van der Waals surface area contributed by atoms with Crippen LogP contribution in [0.3, 0.4) is 0 Å². The Bertz CT molecular complexity index is 1220. The Morgan fingerprint density at radius 3 is 2.45 bits per heavy atom. The second-order valence-corrected chi connectivity index (χ2v) is 8.95. The van der Waals surface area contributed by atoms with Gasteiger partial charge in [-0.2, -0.15) is 0 Å². The van der Waals surface area contributed by atoms with Crippen molar-refractivity contribution in [2.24, 2.45) is 0 Å². The van der Waals surface area contributed by atoms with Crippen molar-refractivity contribution in [2.75, 3.05) is 36.8 Å². The van der Waals surface area contributed by atoms with Gasteiger partial charge >= 0.3 is 6.09 Å². The molecule has 1 aliphatic rings. The van der Waals surface area contributed by atoms with Crippen molar-refractivity contribution in [3.63, 3.8) is 0 Å². The predicted octanol–water partition coefficient (Wildman–Crippen LogP) is 3.64. The van der Waals surface area contributed by atoms with E-state index in [9.17, 15) is 14.0 Å². The Labute approximate surface area is 191 Å². The molecule has 0 aliphatic carbocycles. The molecule has 33 heavy (non-hydrogen) atoms. The number of hydrogen-bond acceptors (Lipinski definition) is 7. The van der Waals surface area contributed by atoms with E-state index in [1.807, 2.05) is 25.7 Å². The smallest absolute Gasteiger partial charge is 0.410 e. The fourth-order valence-electron chi connectivity index (χ4n) is 3.61. The van der Waals surface area contributed by atoms with E-state index in [0.29, 0.717) is 54.3 Å². The minimum atomic E-state index is -0.628. The molecule has 3 aromatic rings. The fraction of sp³-hybridized carbons (Fsp3) is 0.333. The molecule has 1 saturated heterocycles. The van der Waals surface area contributed by atoms with Gasteiger partial charge < -0.3 is 20.3 Å². The van der Waals surface area contributed by atoms with Gasteiger partial charge in [0.15, 0.2) is 5.78 Å². The average Bonchev–Trinajstić information content (AvgIpc) is 2.78. The van der Waals surface area contributed by atoms with Crippen LogP contribution in [0.2, 0.25) is 0 Å². The summed E-state index contributed by atoms with van der Waals surface area (Å²) in [5.41, 5.74) is 6.85. The van der Waals surface area contributed by atoms with Crippen LogP contribution in [0.15, 0.2) is 42.6 Å². The lowest BCUT2D eigenvalue weighted by atomic mass is 10.0. The topological polar surface area (TPSA) is 102 Å². The van der Waals surface area contributed by atoms with Gasteiger partial charge in [0.2, 0.25) is 0 Å². The average molecular weight is 452 g/mol. The fourth-order valence-corrected chi connectivity index (χ4v) is 3.61. The normalized spacial score (nSPS) is 14.4. The van der Waals surface area contributed by atoms with Gasteiger partial charge in [0.25, 0.3) is 0 Å². The molecular weight excluding hydrogens is 425 g/mol. The van der Waals surface area contributed by atoms with Gasteiger partial charge in [-0.15, -0.1) is 0 Å². The van der Waals surface area contributed by atoms with E-state index in [1.54, 1.807) is 29.3 Å². The van der Waals surface area contributed by atoms with Crippen LogP contribution in [-0.4, -0.2) is 58.5 Å². The third-order valence-electron chi connectivity index (χ3n) is 5.28. The van der Waals surface area contributed by atoms with Gasteiger partial charge in [-0.25, -0.2) is 14.2 Å². The molecule has 2 N–H and O–H groups in total. The molecule has 1 aromatic heterocycles. The molecule has 8 nitrogen and oxygen atoms in total. The lowest BCUT2D eigenvalue weighted by Crippen LogP contribution is -2.50. The van der Waals surface area contributed by atoms with Gasteiger partial charge in [0, 0.05) is 37.4 Å². The van der Waals surface area contributed by atoms with Crippen molar-refractivity contribution >= 4 is 34.4 Å². The second-order valence-electron chi connectivity index (χ2n) is 8.95. The Balaban J connectivity index is 1.52. The van der Waals surface area contributed by atoms with Crippen LogP contribution in [0.5, 0.6) is 0 Å². The Morgan fingerprint density at radius 1 is 1.03 bits per heavy atom. The molecule has 9 heteroatoms. The molecule has 0 spiro atoms. The van der Waals surface area contributed by atoms with Gasteiger partial charge in [0.05, 0.1) is 22.8 Å². The standard InChI is InChI=1S/C24H26FN5O3/c1-24(2,3)33-23(32)30-10-8-29(9-11-30)21-14-27-19-7-4-15(12-20(19)28-21)22(31)17-13-16(26)5-6-18(17)25/h4-7,12-14H,8-11,26H2,1-3H3. The van der Waals surface area contributed by atoms with Crippen molar-refractivity contribution in [1.29, 1.82) is 0 Å². The molecule has 1 fully saturated rings. The van der Waals surface area contributed by atoms with Crippen LogP contribution in [0.4, 0.5) is 20.7 Å². The van der Waals surface area contributed by atoms with E-state index < -0.39 is 17.2 Å². The number of ketones is 1. The second kappa shape index (κ2) is 8.65. The highest BCUT2D eigenvalue weighted by Gasteiger charge is 2.26. The quantitative estimate of drug-likeness (QED) is 0.479. The first kappa shape index (κ1) is 22.4. The van der Waals surface area contributed by atoms with E-state index in [-0.39, 0.29) is 11.7 Å². The number of carbonyl (C=O) groups excluding carboxylic acids is 2. The van der Waals surface area contributed by atoms with E-state index in [4.69, 9.17) is 10.5 Å². The van der Waals surface area contributed by atoms with E-state index >= 15 is 0 Å². The monoisotopic (exact) mass is 451 g/mol. The molecule has 2 heterocycles. The number of nitrogens with zero attached hydrogens (tertiary/aromatic N) is 4. The van der Waals surface area contributed by atoms with E-state index in [0.717, 1.165) is 0 Å². The van der Waals surface area contributed by atoms with Crippen molar-refractivity contribution in [1.82, 2.24) is 14.9 Å². The third-order valence-corrected chi connectivity index (χ3v) is 5.28. The predicted molar refractivity (Wildman–Crippen MR) is 124 cm³/mol. The number of benzene rings is 2. The summed E-state index contributed by atoms with van der Waals surface area (Å²) in [7, 11) is 0. The summed E-state index contributed by atoms with van der Waals surface area (Å²) in [5, 5.41) is 0. The SMILES string of the molecule is CC(C)(C)OC(=O)N1CCN(c2cnc3ccc(C(=O)c4cc(N)ccc4F)cc3n2)CC1. The highest BCUT2D eigenvalue weighted by Crippen LogP contribution is 2.22. The Kier molecular flexibility index (Phi) is 5.88. The minimum absolute atomic E-state index is 0.0864. The molecule has 1 aliphatic heterocycles. The van der Waals surface area contributed by atoms with Crippen molar-refractivity contribution < 1.29 is 18.7 Å². The zero-order chi connectivity index (χ0) is 23.8. The first-order valence-corrected chi connectivity index (χ1v) is 10.7. The number of hydrogen-bond donors (Lipinski definition) is 1. The number of carbonyl (C=O) groups is 2. The molecule has 0 radical (unpaired) electrons. The summed E-state index contributed by atoms with van der Waals surface area (Å²) >= 11 is 0. The van der Waals surface area contributed by atoms with Crippen LogP contribution in [0, 0.1) is 5.82 Å². The first-order valence-electron chi connectivity index (χ1n) is 10.7. The number of nitrogens with two attached hydrogens (primary N) is 1. The zero-order valence-electron chi connectivity index (χ0n) is 18.8. The van der Waals surface area contributed by atoms with Crippen molar-refractivity contribution in [3.05, 3.63) is 59.5 Å². The molecule has 2 aromatic carbocycles. The third kappa shape index (κ3) is 5.02. The molecule has 0 saturated carbocycles. The molecular formula is C24H26FN5O3. The van der Waals surface area contributed by atoms with Crippen LogP contribution in [0.25, 0.3) is 11.0 Å². The number of nitrogen functional groups attached to an aromatic ring is 1. The zero-order valence-corrected chi connectivity index (χ0v) is 18.8. The summed E-state index contributed by atoms with van der Waals surface area (Å²) in [6, 6.07) is 8.80. The molecule has 0 bridgehead atoms. The largest absolute Gasteiger partial charge is 0.444 e. The summed E-state index contributed by atoms with van der Waals surface area (Å²) in [6.45, 7) is 7.67. The maximum absolute atomic E-state index is 14.2. The maximum Gasteiger partial charge on any atom is 0.410 e. The molecule has 0 unspecified atom stereocenters. The van der Waals surface area contributed by atoms with Gasteiger partial charge in [-0.05, 0) is 57.2 Å². The highest BCUT2D eigenvalue weighted by molar-refractivity contribution is 6.10. The summed E-state index contributed by atoms with van der Waals surface area (Å²) in [4.78, 5) is 37.9. The number of fused-ring (bicyclic) bond motifs is 1. The molecule has 172 valence electrons. The van der Waals surface area contributed by atoms with Gasteiger partial charge in [0.1, 0.15) is 17.2 Å². The highest BCUT2D eigenvalue weighted by atomic mass is 19.1. The van der Waals surface area contributed by atoms with Crippen LogP contribution < -0.4 is 10.6 Å². The lowest BCUT2D eigenvalue weighted by molar-refractivity contribution is 0.0240. The van der Waals surface area contributed by atoms with E-state index in [1.165, 1.54) is 18.2 Å². The Morgan fingerprint density at radius 2 is 1.76 bits per heavy atom. The molecule has 1 amide bonds. The maximum atomic E-state index is 14.2. The summed E-state index contributed by atoms with van der Waals surface area (Å²) in [6.07, 6.45) is 1.34.